The molecule has 2 heteroatoms. The summed E-state index contributed by atoms with van der Waals surface area (Å²) in [5.41, 5.74) is 6.43. The Morgan fingerprint density at radius 1 is 1.44 bits per heavy atom. The van der Waals surface area contributed by atoms with E-state index in [1.54, 1.807) is 0 Å². The first-order valence-electron chi connectivity index (χ1n) is 3.79. The highest BCUT2D eigenvalue weighted by atomic mass is 15.4. The van der Waals surface area contributed by atoms with Gasteiger partial charge in [0.2, 0.25) is 0 Å². The predicted molar refractivity (Wildman–Crippen MR) is 39.0 cm³/mol. The van der Waals surface area contributed by atoms with Crippen molar-refractivity contribution in [3.8, 4) is 0 Å². The quantitative estimate of drug-likeness (QED) is 0.548. The molecule has 0 bridgehead atoms. The average Bonchev–Trinajstić information content (AvgIpc) is 1.90. The van der Waals surface area contributed by atoms with E-state index in [0.717, 1.165) is 12.5 Å². The van der Waals surface area contributed by atoms with Gasteiger partial charge in [-0.2, -0.15) is 0 Å². The highest BCUT2D eigenvalue weighted by Gasteiger charge is 2.14. The maximum Gasteiger partial charge on any atom is 0.0236 e. The van der Waals surface area contributed by atoms with Crippen LogP contribution in [0.5, 0.6) is 0 Å². The van der Waals surface area contributed by atoms with Gasteiger partial charge in [0, 0.05) is 12.6 Å². The Hall–Kier alpha value is -0.0800. The second-order valence-corrected chi connectivity index (χ2v) is 3.06. The van der Waals surface area contributed by atoms with Crippen molar-refractivity contribution in [1.82, 2.24) is 10.9 Å². The fourth-order valence-corrected chi connectivity index (χ4v) is 1.19. The van der Waals surface area contributed by atoms with Crippen LogP contribution < -0.4 is 10.9 Å². The van der Waals surface area contributed by atoms with Gasteiger partial charge in [0.25, 0.3) is 0 Å². The van der Waals surface area contributed by atoms with Crippen LogP contribution in [-0.4, -0.2) is 12.6 Å². The van der Waals surface area contributed by atoms with Gasteiger partial charge in [-0.05, 0) is 18.8 Å². The molecule has 0 aliphatic carbocycles. The molecule has 1 aliphatic rings. The van der Waals surface area contributed by atoms with Crippen LogP contribution in [0.2, 0.25) is 0 Å². The molecule has 1 fully saturated rings. The Balaban J connectivity index is 2.23. The van der Waals surface area contributed by atoms with Gasteiger partial charge in [0.1, 0.15) is 0 Å². The van der Waals surface area contributed by atoms with Crippen molar-refractivity contribution in [3.63, 3.8) is 0 Å². The summed E-state index contributed by atoms with van der Waals surface area (Å²) in [6, 6.07) is 0.693. The highest BCUT2D eigenvalue weighted by molar-refractivity contribution is 4.71. The van der Waals surface area contributed by atoms with Gasteiger partial charge in [-0.25, -0.2) is 0 Å². The van der Waals surface area contributed by atoms with Crippen LogP contribution in [0.25, 0.3) is 0 Å². The zero-order valence-corrected chi connectivity index (χ0v) is 6.28. The molecule has 2 N–H and O–H groups in total. The van der Waals surface area contributed by atoms with Crippen LogP contribution in [0.3, 0.4) is 0 Å². The molecule has 1 atom stereocenters. The second-order valence-electron chi connectivity index (χ2n) is 3.06. The molecule has 0 radical (unpaired) electrons. The Morgan fingerprint density at radius 2 is 2.22 bits per heavy atom. The molecule has 2 nitrogen and oxygen atoms in total. The average molecular weight is 128 g/mol. The third kappa shape index (κ3) is 1.95. The van der Waals surface area contributed by atoms with Gasteiger partial charge in [0.15, 0.2) is 0 Å². The van der Waals surface area contributed by atoms with Crippen LogP contribution in [0.4, 0.5) is 0 Å². The van der Waals surface area contributed by atoms with Crippen LogP contribution in [0.15, 0.2) is 0 Å². The Kier molecular flexibility index (Phi) is 2.49. The SMILES string of the molecule is CC(C)C1CCCNN1. The molecule has 0 amide bonds. The van der Waals surface area contributed by atoms with Crippen molar-refractivity contribution < 1.29 is 0 Å². The molecule has 54 valence electrons. The summed E-state index contributed by atoms with van der Waals surface area (Å²) in [6.45, 7) is 5.64. The monoisotopic (exact) mass is 128 g/mol. The lowest BCUT2D eigenvalue weighted by atomic mass is 9.99. The molecule has 0 aromatic rings. The predicted octanol–water partition coefficient (Wildman–Crippen LogP) is 0.899. The van der Waals surface area contributed by atoms with E-state index in [1.807, 2.05) is 0 Å². The minimum Gasteiger partial charge on any atom is -0.258 e. The van der Waals surface area contributed by atoms with Crippen molar-refractivity contribution in [2.24, 2.45) is 5.92 Å². The maximum absolute atomic E-state index is 3.27. The lowest BCUT2D eigenvalue weighted by Gasteiger charge is -2.27. The lowest BCUT2D eigenvalue weighted by molar-refractivity contribution is 0.283. The molecule has 0 aromatic heterocycles. The first-order chi connectivity index (χ1) is 4.30. The molecule has 1 unspecified atom stereocenters. The number of hydrogen-bond donors (Lipinski definition) is 2. The van der Waals surface area contributed by atoms with E-state index in [1.165, 1.54) is 12.8 Å². The van der Waals surface area contributed by atoms with Gasteiger partial charge in [-0.15, -0.1) is 0 Å². The van der Waals surface area contributed by atoms with Crippen molar-refractivity contribution in [2.45, 2.75) is 32.7 Å². The minimum atomic E-state index is 0.693. The van der Waals surface area contributed by atoms with Crippen molar-refractivity contribution in [2.75, 3.05) is 6.54 Å². The first kappa shape index (κ1) is 7.03. The van der Waals surface area contributed by atoms with E-state index >= 15 is 0 Å². The molecular formula is C7H16N2. The third-order valence-corrected chi connectivity index (χ3v) is 1.91. The summed E-state index contributed by atoms with van der Waals surface area (Å²) in [5.74, 6) is 0.762. The summed E-state index contributed by atoms with van der Waals surface area (Å²) in [5, 5.41) is 0. The normalized spacial score (nSPS) is 29.0. The van der Waals surface area contributed by atoms with Crippen LogP contribution in [-0.2, 0) is 0 Å². The first-order valence-corrected chi connectivity index (χ1v) is 3.79. The molecule has 1 rings (SSSR count). The van der Waals surface area contributed by atoms with Crippen molar-refractivity contribution in [1.29, 1.82) is 0 Å². The Morgan fingerprint density at radius 3 is 2.56 bits per heavy atom. The van der Waals surface area contributed by atoms with Gasteiger partial charge in [-0.3, -0.25) is 10.9 Å². The van der Waals surface area contributed by atoms with Crippen molar-refractivity contribution >= 4 is 0 Å². The lowest BCUT2D eigenvalue weighted by Crippen LogP contribution is -2.48. The topological polar surface area (TPSA) is 24.1 Å². The number of rotatable bonds is 1. The van der Waals surface area contributed by atoms with E-state index in [9.17, 15) is 0 Å². The molecule has 0 spiro atoms. The Bertz CT molecular complexity index is 75.0. The number of hydrogen-bond acceptors (Lipinski definition) is 2. The minimum absolute atomic E-state index is 0.693. The van der Waals surface area contributed by atoms with Gasteiger partial charge >= 0.3 is 0 Å². The standard InChI is InChI=1S/C7H16N2/c1-6(2)7-4-3-5-8-9-7/h6-9H,3-5H2,1-2H3. The van der Waals surface area contributed by atoms with E-state index in [4.69, 9.17) is 0 Å². The summed E-state index contributed by atoms with van der Waals surface area (Å²) < 4.78 is 0. The van der Waals surface area contributed by atoms with Crippen LogP contribution in [0.1, 0.15) is 26.7 Å². The zero-order valence-electron chi connectivity index (χ0n) is 6.28. The third-order valence-electron chi connectivity index (χ3n) is 1.91. The molecule has 9 heavy (non-hydrogen) atoms. The number of nitrogens with one attached hydrogen (secondary N) is 2. The molecule has 0 aromatic carbocycles. The van der Waals surface area contributed by atoms with Crippen molar-refractivity contribution in [3.05, 3.63) is 0 Å². The summed E-state index contributed by atoms with van der Waals surface area (Å²) in [6.07, 6.45) is 2.64. The zero-order chi connectivity index (χ0) is 6.69. The smallest absolute Gasteiger partial charge is 0.0236 e. The molecule has 1 heterocycles. The van der Waals surface area contributed by atoms with E-state index in [0.29, 0.717) is 6.04 Å². The van der Waals surface area contributed by atoms with Crippen LogP contribution in [0, 0.1) is 5.92 Å². The fraction of sp³-hybridized carbons (Fsp3) is 1.00. The van der Waals surface area contributed by atoms with Gasteiger partial charge in [0.05, 0.1) is 0 Å². The fourth-order valence-electron chi connectivity index (χ4n) is 1.19. The Labute approximate surface area is 57.0 Å². The summed E-state index contributed by atoms with van der Waals surface area (Å²) in [4.78, 5) is 0. The van der Waals surface area contributed by atoms with Crippen LogP contribution >= 0.6 is 0 Å². The second kappa shape index (κ2) is 3.18. The maximum atomic E-state index is 3.27. The van der Waals surface area contributed by atoms with Gasteiger partial charge in [-0.1, -0.05) is 13.8 Å². The van der Waals surface area contributed by atoms with Gasteiger partial charge < -0.3 is 0 Å². The van der Waals surface area contributed by atoms with E-state index in [-0.39, 0.29) is 0 Å². The van der Waals surface area contributed by atoms with E-state index < -0.39 is 0 Å². The summed E-state index contributed by atoms with van der Waals surface area (Å²) >= 11 is 0. The molecular weight excluding hydrogens is 112 g/mol. The molecule has 0 saturated carbocycles. The highest BCUT2D eigenvalue weighted by Crippen LogP contribution is 2.09. The molecule has 1 saturated heterocycles. The molecule has 1 aliphatic heterocycles. The van der Waals surface area contributed by atoms with E-state index in [2.05, 4.69) is 24.7 Å². The number of hydrazine groups is 1. The largest absolute Gasteiger partial charge is 0.258 e. The summed E-state index contributed by atoms with van der Waals surface area (Å²) in [7, 11) is 0.